The van der Waals surface area contributed by atoms with Crippen molar-refractivity contribution in [2.75, 3.05) is 14.7 Å². The third-order valence-electron chi connectivity index (χ3n) is 18.2. The van der Waals surface area contributed by atoms with Crippen LogP contribution in [0.4, 0.5) is 45.5 Å². The van der Waals surface area contributed by atoms with E-state index in [4.69, 9.17) is 0 Å². The van der Waals surface area contributed by atoms with Gasteiger partial charge in [-0.05, 0) is 165 Å². The number of fused-ring (bicyclic) bond motifs is 9. The number of nitrogens with zero attached hydrogens (tertiary/aromatic N) is 3. The van der Waals surface area contributed by atoms with Gasteiger partial charge in [0.25, 0.3) is 6.71 Å². The number of aryl methyl sites for hydroxylation is 3. The van der Waals surface area contributed by atoms with Crippen LogP contribution in [0.1, 0.15) is 48.1 Å². The van der Waals surface area contributed by atoms with Crippen LogP contribution in [0.25, 0.3) is 44.5 Å². The van der Waals surface area contributed by atoms with Crippen LogP contribution in [0.2, 0.25) is 0 Å². The number of hydrogen-bond acceptors (Lipinski definition) is 3. The Labute approximate surface area is 459 Å². The van der Waals surface area contributed by atoms with Crippen molar-refractivity contribution in [3.05, 3.63) is 283 Å². The first-order chi connectivity index (χ1) is 38.2. The highest BCUT2D eigenvalue weighted by Crippen LogP contribution is 2.65. The highest BCUT2D eigenvalue weighted by molar-refractivity contribution is 7.00. The largest absolute Gasteiger partial charge is 0.330 e. The van der Waals surface area contributed by atoms with Crippen molar-refractivity contribution in [1.82, 2.24) is 0 Å². The molecule has 0 saturated carbocycles. The Morgan fingerprint density at radius 1 is 0.372 bits per heavy atom. The predicted molar refractivity (Wildman–Crippen MR) is 330 cm³/mol. The zero-order chi connectivity index (χ0) is 52.3. The fourth-order valence-corrected chi connectivity index (χ4v) is 14.4. The molecule has 0 amide bonds. The molecule has 0 bridgehead atoms. The Hall–Kier alpha value is -9.12. The third-order valence-corrected chi connectivity index (χ3v) is 18.2. The molecule has 0 saturated heterocycles. The molecule has 11 aromatic carbocycles. The molecule has 78 heavy (non-hydrogen) atoms. The first-order valence-electron chi connectivity index (χ1n) is 27.7. The minimum Gasteiger partial charge on any atom is -0.330 e. The van der Waals surface area contributed by atoms with Gasteiger partial charge in [-0.1, -0.05) is 219 Å². The third kappa shape index (κ3) is 6.92. The molecule has 2 unspecified atom stereocenters. The topological polar surface area (TPSA) is 9.72 Å². The molecule has 3 nitrogen and oxygen atoms in total. The molecular weight excluding hydrogens is 942 g/mol. The average Bonchev–Trinajstić information content (AvgIpc) is 2.42. The van der Waals surface area contributed by atoms with Crippen molar-refractivity contribution in [3.8, 4) is 44.5 Å². The highest BCUT2D eigenvalue weighted by Gasteiger charge is 2.60. The molecule has 1 aliphatic carbocycles. The summed E-state index contributed by atoms with van der Waals surface area (Å²) in [7, 11) is 0. The fourth-order valence-electron chi connectivity index (χ4n) is 14.4. The summed E-state index contributed by atoms with van der Waals surface area (Å²) in [4.78, 5) is 8.00. The summed E-state index contributed by atoms with van der Waals surface area (Å²) in [6.45, 7) is 9.64. The Balaban J connectivity index is 1.07. The zero-order valence-corrected chi connectivity index (χ0v) is 44.6. The van der Waals surface area contributed by atoms with Gasteiger partial charge in [-0.2, -0.15) is 0 Å². The SMILES string of the molecule is Cc1cc(C)c2c(c1)C1(C)CCc3ccccc3C1(C)N2c1cc2c3c(c1)N(c1cccc(-c4ccccc4)c1)c1cc(-c4ccccc4)ccc1B3c1cc(-c3ccccc3)ccc1N2c1ccc(-c2ccccc2)cc1. The molecule has 3 aliphatic heterocycles. The Bertz CT molecular complexity index is 4160. The zero-order valence-electron chi connectivity index (χ0n) is 44.6. The van der Waals surface area contributed by atoms with E-state index >= 15 is 0 Å². The van der Waals surface area contributed by atoms with Gasteiger partial charge in [0.05, 0.1) is 5.54 Å². The summed E-state index contributed by atoms with van der Waals surface area (Å²) in [5, 5.41) is 0. The maximum absolute atomic E-state index is 2.79. The van der Waals surface area contributed by atoms with Gasteiger partial charge in [-0.25, -0.2) is 0 Å². The summed E-state index contributed by atoms with van der Waals surface area (Å²) in [6, 6.07) is 95.9. The lowest BCUT2D eigenvalue weighted by Gasteiger charge is -2.52. The van der Waals surface area contributed by atoms with E-state index in [1.807, 2.05) is 0 Å². The van der Waals surface area contributed by atoms with E-state index in [0.717, 1.165) is 24.2 Å². The molecule has 11 aromatic rings. The van der Waals surface area contributed by atoms with Crippen molar-refractivity contribution in [2.45, 2.75) is 51.5 Å². The second-order valence-electron chi connectivity index (χ2n) is 22.5. The standard InChI is InChI=1S/C74H58BN3/c1-49-42-50(2)72-64(43-49)73(3)41-40-56-28-17-18-31-63(56)74(73,4)78(72)62-47-69-71-70(48-62)77(61-30-19-29-57(44-61)52-22-11-6-12-23-52)68-46-59(54-26-15-8-16-27-54)34-38-65(68)75(71)66-45-58(53-24-13-7-14-25-53)35-39-67(66)76(69)60-36-32-55(33-37-60)51-20-9-5-10-21-51/h5-39,42-48H,40-41H2,1-4H3. The second kappa shape index (κ2) is 17.7. The lowest BCUT2D eigenvalue weighted by molar-refractivity contribution is 0.245. The van der Waals surface area contributed by atoms with E-state index in [1.165, 1.54) is 123 Å². The van der Waals surface area contributed by atoms with Gasteiger partial charge in [0.2, 0.25) is 0 Å². The lowest BCUT2D eigenvalue weighted by Crippen LogP contribution is -2.61. The van der Waals surface area contributed by atoms with Crippen LogP contribution in [0, 0.1) is 13.8 Å². The molecule has 4 aliphatic rings. The van der Waals surface area contributed by atoms with Gasteiger partial charge >= 0.3 is 0 Å². The number of benzene rings is 11. The van der Waals surface area contributed by atoms with Crippen molar-refractivity contribution >= 4 is 68.6 Å². The van der Waals surface area contributed by atoms with Gasteiger partial charge < -0.3 is 14.7 Å². The predicted octanol–water partition coefficient (Wildman–Crippen LogP) is 17.3. The number of hydrogen-bond donors (Lipinski definition) is 0. The molecule has 0 spiro atoms. The molecule has 0 aromatic heterocycles. The van der Waals surface area contributed by atoms with Crippen LogP contribution >= 0.6 is 0 Å². The van der Waals surface area contributed by atoms with Crippen LogP contribution < -0.4 is 31.1 Å². The van der Waals surface area contributed by atoms with E-state index < -0.39 is 5.54 Å². The van der Waals surface area contributed by atoms with Gasteiger partial charge in [-0.15, -0.1) is 0 Å². The summed E-state index contributed by atoms with van der Waals surface area (Å²) >= 11 is 0. The highest BCUT2D eigenvalue weighted by atomic mass is 15.3. The van der Waals surface area contributed by atoms with Crippen molar-refractivity contribution < 1.29 is 0 Å². The molecule has 15 rings (SSSR count). The van der Waals surface area contributed by atoms with Crippen molar-refractivity contribution in [1.29, 1.82) is 0 Å². The van der Waals surface area contributed by atoms with Crippen molar-refractivity contribution in [2.24, 2.45) is 0 Å². The Kier molecular flexibility index (Phi) is 10.5. The summed E-state index contributed by atoms with van der Waals surface area (Å²) in [5.74, 6) is 0. The average molecular weight is 1000 g/mol. The second-order valence-corrected chi connectivity index (χ2v) is 22.5. The molecule has 0 fully saturated rings. The molecule has 0 radical (unpaired) electrons. The van der Waals surface area contributed by atoms with Gasteiger partial charge in [0.1, 0.15) is 0 Å². The van der Waals surface area contributed by atoms with Crippen LogP contribution in [0.15, 0.2) is 255 Å². The summed E-state index contributed by atoms with van der Waals surface area (Å²) in [5.41, 5.74) is 29.2. The monoisotopic (exact) mass is 999 g/mol. The quantitative estimate of drug-likeness (QED) is 0.147. The smallest absolute Gasteiger partial charge is 0.252 e. The molecule has 0 N–H and O–H groups in total. The molecular formula is C74H58BN3. The minimum absolute atomic E-state index is 0.0950. The Morgan fingerprint density at radius 2 is 0.897 bits per heavy atom. The van der Waals surface area contributed by atoms with E-state index in [-0.39, 0.29) is 12.1 Å². The molecule has 4 heteroatoms. The van der Waals surface area contributed by atoms with Crippen LogP contribution in [0.5, 0.6) is 0 Å². The fraction of sp³-hybridized carbons (Fsp3) is 0.108. The van der Waals surface area contributed by atoms with Gasteiger partial charge in [0, 0.05) is 50.9 Å². The van der Waals surface area contributed by atoms with Gasteiger partial charge in [-0.3, -0.25) is 0 Å². The van der Waals surface area contributed by atoms with Gasteiger partial charge in [0.15, 0.2) is 0 Å². The van der Waals surface area contributed by atoms with Crippen LogP contribution in [-0.4, -0.2) is 6.71 Å². The summed E-state index contributed by atoms with van der Waals surface area (Å²) < 4.78 is 0. The lowest BCUT2D eigenvalue weighted by atomic mass is 9.33. The number of anilines is 8. The summed E-state index contributed by atoms with van der Waals surface area (Å²) in [6.07, 6.45) is 2.10. The minimum atomic E-state index is -0.423. The maximum Gasteiger partial charge on any atom is 0.252 e. The van der Waals surface area contributed by atoms with E-state index in [9.17, 15) is 0 Å². The van der Waals surface area contributed by atoms with E-state index in [2.05, 4.69) is 297 Å². The molecule has 372 valence electrons. The first kappa shape index (κ1) is 46.2. The van der Waals surface area contributed by atoms with E-state index in [1.54, 1.807) is 0 Å². The van der Waals surface area contributed by atoms with Crippen LogP contribution in [-0.2, 0) is 17.4 Å². The molecule has 2 atom stereocenters. The van der Waals surface area contributed by atoms with Crippen molar-refractivity contribution in [3.63, 3.8) is 0 Å². The van der Waals surface area contributed by atoms with E-state index in [0.29, 0.717) is 0 Å². The molecule has 3 heterocycles. The van der Waals surface area contributed by atoms with Crippen LogP contribution in [0.3, 0.4) is 0 Å². The maximum atomic E-state index is 2.79. The normalized spacial score (nSPS) is 17.4. The first-order valence-corrected chi connectivity index (χ1v) is 27.7. The number of rotatable bonds is 7. The Morgan fingerprint density at radius 3 is 1.55 bits per heavy atom.